The van der Waals surface area contributed by atoms with Gasteiger partial charge in [-0.3, -0.25) is 14.8 Å². The van der Waals surface area contributed by atoms with Crippen LogP contribution in [-0.2, 0) is 11.2 Å². The molecule has 2 heterocycles. The maximum atomic E-state index is 15.1. The Morgan fingerprint density at radius 2 is 1.47 bits per heavy atom. The number of pyridine rings is 2. The van der Waals surface area contributed by atoms with Crippen molar-refractivity contribution in [1.82, 2.24) is 15.3 Å². The minimum Gasteiger partial charge on any atom is -0.480 e. The van der Waals surface area contributed by atoms with Crippen LogP contribution in [0.25, 0.3) is 32.9 Å². The Morgan fingerprint density at radius 3 is 2.04 bits per heavy atom. The smallest absolute Gasteiger partial charge is 0.408 e. The van der Waals surface area contributed by atoms with Crippen LogP contribution >= 0.6 is 0 Å². The molecule has 3 aromatic carbocycles. The molecule has 0 aliphatic rings. The fourth-order valence-electron chi connectivity index (χ4n) is 5.36. The number of amides is 1. The van der Waals surface area contributed by atoms with E-state index in [0.717, 1.165) is 6.07 Å². The molecule has 0 unspecified atom stereocenters. The fraction of sp³-hybridized carbons (Fsp3) is 0.257. The van der Waals surface area contributed by atoms with Crippen LogP contribution in [0.1, 0.15) is 48.7 Å². The highest BCUT2D eigenvalue weighted by atomic mass is 19.4. The van der Waals surface area contributed by atoms with Crippen molar-refractivity contribution in [2.75, 3.05) is 5.32 Å². The van der Waals surface area contributed by atoms with Crippen molar-refractivity contribution in [3.05, 3.63) is 101 Å². The average Bonchev–Trinajstić information content (AvgIpc) is 3.04. The van der Waals surface area contributed by atoms with Crippen LogP contribution in [0, 0.1) is 18.6 Å². The third-order valence-corrected chi connectivity index (χ3v) is 7.55. The Kier molecular flexibility index (Phi) is 10.7. The number of aromatic nitrogens is 2. The number of aliphatic carboxylic acids is 1. The van der Waals surface area contributed by atoms with Gasteiger partial charge in [-0.25, -0.2) is 13.6 Å². The number of hydrogen-bond acceptors (Lipinski definition) is 5. The van der Waals surface area contributed by atoms with Gasteiger partial charge in [0.15, 0.2) is 0 Å². The van der Waals surface area contributed by atoms with E-state index in [-0.39, 0.29) is 24.1 Å². The number of aryl methyl sites for hydroxylation is 1. The lowest BCUT2D eigenvalue weighted by Crippen LogP contribution is -2.43. The number of halogens is 5. The molecule has 12 heteroatoms. The summed E-state index contributed by atoms with van der Waals surface area (Å²) in [5.74, 6) is -3.95. The first-order valence-electron chi connectivity index (χ1n) is 15.0. The number of anilines is 1. The molecule has 0 radical (unpaired) electrons. The number of hydrogen-bond donors (Lipinski definition) is 3. The Labute approximate surface area is 267 Å². The van der Waals surface area contributed by atoms with Gasteiger partial charge in [0.05, 0.1) is 16.6 Å². The third-order valence-electron chi connectivity index (χ3n) is 7.55. The van der Waals surface area contributed by atoms with Crippen LogP contribution in [-0.4, -0.2) is 45.2 Å². The lowest BCUT2D eigenvalue weighted by molar-refractivity contribution is -0.143. The highest BCUT2D eigenvalue weighted by Crippen LogP contribution is 2.35. The number of carboxylic acid groups (broad SMARTS) is 1. The molecule has 2 aromatic heterocycles. The second kappa shape index (κ2) is 14.5. The number of carboxylic acids is 1. The summed E-state index contributed by atoms with van der Waals surface area (Å²) in [6, 6.07) is 11.5. The second-order valence-electron chi connectivity index (χ2n) is 10.5. The Hall–Kier alpha value is -5.13. The molecule has 0 saturated carbocycles. The van der Waals surface area contributed by atoms with Gasteiger partial charge < -0.3 is 15.7 Å². The van der Waals surface area contributed by atoms with E-state index in [1.807, 2.05) is 13.8 Å². The topological polar surface area (TPSA) is 104 Å². The molecule has 1 amide bonds. The highest BCUT2D eigenvalue weighted by Gasteiger charge is 2.38. The second-order valence-corrected chi connectivity index (χ2v) is 10.5. The number of rotatable bonds is 9. The van der Waals surface area contributed by atoms with Crippen LogP contribution < -0.4 is 10.6 Å². The zero-order valence-electron chi connectivity index (χ0n) is 26.0. The van der Waals surface area contributed by atoms with Crippen LogP contribution in [0.3, 0.4) is 0 Å². The zero-order chi connectivity index (χ0) is 34.5. The van der Waals surface area contributed by atoms with Gasteiger partial charge in [0, 0.05) is 46.4 Å². The normalized spacial score (nSPS) is 12.6. The van der Waals surface area contributed by atoms with Gasteiger partial charge in [-0.1, -0.05) is 39.0 Å². The maximum Gasteiger partial charge on any atom is 0.408 e. The molecule has 0 saturated heterocycles. The van der Waals surface area contributed by atoms with E-state index in [2.05, 4.69) is 20.6 Å². The minimum absolute atomic E-state index is 0.0234. The summed E-state index contributed by atoms with van der Waals surface area (Å²) >= 11 is 0. The molecular formula is C35H33F5N4O3. The SMILES string of the molecule is CC.CC[C@@H](Nc1cc(C)c(C(=O)N[C@@H](Cc2ccc(-c3ccc(F)c4cccnc34)c3ncccc23)C(=O)O)c(F)c1)C(F)(F)F. The molecule has 0 aliphatic heterocycles. The number of carbonyl (C=O) groups is 2. The summed E-state index contributed by atoms with van der Waals surface area (Å²) in [5, 5.41) is 15.5. The summed E-state index contributed by atoms with van der Waals surface area (Å²) in [6.45, 7) is 6.68. The standard InChI is InChI=1S/C33H27F5N4O3.C2H6/c1-3-27(33(36,37)38)41-19-14-17(2)28(25(35)16-19)31(43)42-26(32(44)45)15-18-8-9-21(29-20(18)6-4-12-39-29)22-10-11-24(34)23-7-5-13-40-30(22)23;1-2/h4-14,16,26-27,41H,3,15H2,1-2H3,(H,42,43)(H,44,45);1-2H3/t26-,27+;/m0./s1. The number of fused-ring (bicyclic) bond motifs is 2. The Balaban J connectivity index is 0.00000245. The molecule has 0 aliphatic carbocycles. The molecule has 0 spiro atoms. The molecule has 5 rings (SSSR count). The molecule has 3 N–H and O–H groups in total. The first-order chi connectivity index (χ1) is 22.4. The molecule has 246 valence electrons. The molecule has 47 heavy (non-hydrogen) atoms. The van der Waals surface area contributed by atoms with Gasteiger partial charge in [0.2, 0.25) is 0 Å². The molecule has 7 nitrogen and oxygen atoms in total. The monoisotopic (exact) mass is 652 g/mol. The van der Waals surface area contributed by atoms with Gasteiger partial charge >= 0.3 is 12.1 Å². The zero-order valence-corrected chi connectivity index (χ0v) is 26.0. The first kappa shape index (κ1) is 34.7. The third kappa shape index (κ3) is 7.48. The Bertz CT molecular complexity index is 1910. The van der Waals surface area contributed by atoms with Gasteiger partial charge in [-0.2, -0.15) is 13.2 Å². The number of carbonyl (C=O) groups excluding carboxylic acids is 1. The maximum absolute atomic E-state index is 15.1. The highest BCUT2D eigenvalue weighted by molar-refractivity contribution is 6.03. The largest absolute Gasteiger partial charge is 0.480 e. The van der Waals surface area contributed by atoms with Gasteiger partial charge in [0.1, 0.15) is 23.7 Å². The van der Waals surface area contributed by atoms with Gasteiger partial charge in [-0.15, -0.1) is 0 Å². The van der Waals surface area contributed by atoms with Crippen molar-refractivity contribution in [2.24, 2.45) is 0 Å². The fourth-order valence-corrected chi connectivity index (χ4v) is 5.36. The van der Waals surface area contributed by atoms with Crippen molar-refractivity contribution < 1.29 is 36.6 Å². The van der Waals surface area contributed by atoms with Crippen molar-refractivity contribution >= 4 is 39.4 Å². The molecule has 2 atom stereocenters. The summed E-state index contributed by atoms with van der Waals surface area (Å²) in [7, 11) is 0. The average molecular weight is 653 g/mol. The van der Waals surface area contributed by atoms with Crippen molar-refractivity contribution in [2.45, 2.75) is 58.8 Å². The van der Waals surface area contributed by atoms with E-state index in [9.17, 15) is 32.3 Å². The number of alkyl halides is 3. The molecular weight excluding hydrogens is 619 g/mol. The lowest BCUT2D eigenvalue weighted by Gasteiger charge is -2.22. The van der Waals surface area contributed by atoms with Crippen molar-refractivity contribution in [3.63, 3.8) is 0 Å². The van der Waals surface area contributed by atoms with Crippen LogP contribution in [0.4, 0.5) is 27.6 Å². The van der Waals surface area contributed by atoms with Crippen molar-refractivity contribution in [1.29, 1.82) is 0 Å². The van der Waals surface area contributed by atoms with Crippen LogP contribution in [0.2, 0.25) is 0 Å². The van der Waals surface area contributed by atoms with E-state index in [1.165, 1.54) is 26.0 Å². The van der Waals surface area contributed by atoms with E-state index in [0.29, 0.717) is 38.5 Å². The lowest BCUT2D eigenvalue weighted by atomic mass is 9.94. The van der Waals surface area contributed by atoms with Crippen LogP contribution in [0.5, 0.6) is 0 Å². The van der Waals surface area contributed by atoms with E-state index < -0.39 is 47.3 Å². The van der Waals surface area contributed by atoms with Gasteiger partial charge in [-0.05, 0) is 66.9 Å². The molecule has 0 bridgehead atoms. The summed E-state index contributed by atoms with van der Waals surface area (Å²) < 4.78 is 69.1. The predicted molar refractivity (Wildman–Crippen MR) is 171 cm³/mol. The number of nitrogens with zero attached hydrogens (tertiary/aromatic N) is 2. The number of nitrogens with one attached hydrogen (secondary N) is 2. The predicted octanol–water partition coefficient (Wildman–Crippen LogP) is 8.24. The van der Waals surface area contributed by atoms with Crippen molar-refractivity contribution in [3.8, 4) is 11.1 Å². The molecule has 0 fully saturated rings. The van der Waals surface area contributed by atoms with E-state index in [4.69, 9.17) is 0 Å². The quantitative estimate of drug-likeness (QED) is 0.139. The van der Waals surface area contributed by atoms with E-state index in [1.54, 1.807) is 54.9 Å². The molecule has 5 aromatic rings. The van der Waals surface area contributed by atoms with E-state index >= 15 is 4.39 Å². The summed E-state index contributed by atoms with van der Waals surface area (Å²) in [6.07, 6.45) is -1.95. The number of benzene rings is 3. The van der Waals surface area contributed by atoms with Gasteiger partial charge in [0.25, 0.3) is 5.91 Å². The summed E-state index contributed by atoms with van der Waals surface area (Å²) in [4.78, 5) is 34.2. The summed E-state index contributed by atoms with van der Waals surface area (Å²) in [5.41, 5.74) is 2.08. The Morgan fingerprint density at radius 1 is 0.872 bits per heavy atom. The van der Waals surface area contributed by atoms with Crippen LogP contribution in [0.15, 0.2) is 73.1 Å². The first-order valence-corrected chi connectivity index (χ1v) is 15.0. The minimum atomic E-state index is -4.56.